The van der Waals surface area contributed by atoms with Crippen molar-refractivity contribution in [3.63, 3.8) is 0 Å². The highest BCUT2D eigenvalue weighted by molar-refractivity contribution is 7.80. The van der Waals surface area contributed by atoms with Gasteiger partial charge in [-0.15, -0.1) is 0 Å². The Morgan fingerprint density at radius 2 is 1.90 bits per heavy atom. The molecule has 2 aromatic heterocycles. The van der Waals surface area contributed by atoms with E-state index in [4.69, 9.17) is 21.7 Å². The Morgan fingerprint density at radius 1 is 1.07 bits per heavy atom. The van der Waals surface area contributed by atoms with E-state index in [1.807, 2.05) is 48.7 Å². The van der Waals surface area contributed by atoms with Gasteiger partial charge in [-0.3, -0.25) is 4.98 Å². The zero-order chi connectivity index (χ0) is 20.2. The van der Waals surface area contributed by atoms with Crippen molar-refractivity contribution < 1.29 is 9.47 Å². The largest absolute Gasteiger partial charge is 0.495 e. The summed E-state index contributed by atoms with van der Waals surface area (Å²) in [7, 11) is 3.39. The topological polar surface area (TPSA) is 51.5 Å². The van der Waals surface area contributed by atoms with E-state index in [1.165, 1.54) is 0 Å². The summed E-state index contributed by atoms with van der Waals surface area (Å²) in [6, 6.07) is 18.0. The second-order valence-electron chi connectivity index (χ2n) is 6.79. The van der Waals surface area contributed by atoms with Crippen LogP contribution in [0.3, 0.4) is 0 Å². The lowest BCUT2D eigenvalue weighted by Gasteiger charge is -2.29. The predicted molar refractivity (Wildman–Crippen MR) is 116 cm³/mol. The van der Waals surface area contributed by atoms with Crippen LogP contribution in [-0.2, 0) is 4.74 Å². The number of ether oxygens (including phenoxy) is 2. The fourth-order valence-corrected chi connectivity index (χ4v) is 4.17. The second kappa shape index (κ2) is 8.63. The van der Waals surface area contributed by atoms with E-state index in [-0.39, 0.29) is 12.1 Å². The highest BCUT2D eigenvalue weighted by Gasteiger charge is 2.41. The number of methoxy groups -OCH3 is 2. The second-order valence-corrected chi connectivity index (χ2v) is 7.17. The Balaban J connectivity index is 1.81. The first-order chi connectivity index (χ1) is 14.2. The fraction of sp³-hybridized carbons (Fsp3) is 0.273. The summed E-state index contributed by atoms with van der Waals surface area (Å²) >= 11 is 5.69. The Kier molecular flexibility index (Phi) is 5.78. The van der Waals surface area contributed by atoms with Crippen molar-refractivity contribution in [3.8, 4) is 11.4 Å². The van der Waals surface area contributed by atoms with Crippen molar-refractivity contribution in [2.75, 3.05) is 27.4 Å². The summed E-state index contributed by atoms with van der Waals surface area (Å²) in [6.07, 6.45) is 3.87. The first kappa shape index (κ1) is 19.4. The average molecular weight is 409 g/mol. The summed E-state index contributed by atoms with van der Waals surface area (Å²) in [4.78, 5) is 6.77. The van der Waals surface area contributed by atoms with E-state index >= 15 is 0 Å². The average Bonchev–Trinajstić information content (AvgIpc) is 3.37. The maximum absolute atomic E-state index is 5.69. The third-order valence-corrected chi connectivity index (χ3v) is 5.51. The molecule has 1 saturated heterocycles. The molecule has 0 aliphatic carbocycles. The van der Waals surface area contributed by atoms with Crippen LogP contribution in [0.2, 0.25) is 0 Å². The van der Waals surface area contributed by atoms with Crippen LogP contribution in [0.15, 0.2) is 67.0 Å². The van der Waals surface area contributed by atoms with E-state index < -0.39 is 0 Å². The van der Waals surface area contributed by atoms with Crippen LogP contribution >= 0.6 is 12.2 Å². The first-order valence-electron chi connectivity index (χ1n) is 9.52. The number of thiocarbonyl (C=S) groups is 1. The Bertz CT molecular complexity index is 976. The highest BCUT2D eigenvalue weighted by Crippen LogP contribution is 2.40. The van der Waals surface area contributed by atoms with Crippen LogP contribution in [0, 0.1) is 0 Å². The lowest BCUT2D eigenvalue weighted by atomic mass is 10.0. The van der Waals surface area contributed by atoms with Gasteiger partial charge in [0.15, 0.2) is 5.11 Å². The van der Waals surface area contributed by atoms with Gasteiger partial charge in [-0.25, -0.2) is 0 Å². The maximum Gasteiger partial charge on any atom is 0.170 e. The monoisotopic (exact) mass is 408 g/mol. The first-order valence-corrected chi connectivity index (χ1v) is 9.93. The van der Waals surface area contributed by atoms with Gasteiger partial charge in [-0.1, -0.05) is 18.2 Å². The molecule has 6 nitrogen and oxygen atoms in total. The molecule has 1 N–H and O–H groups in total. The van der Waals surface area contributed by atoms with Crippen molar-refractivity contribution in [1.29, 1.82) is 0 Å². The van der Waals surface area contributed by atoms with Crippen molar-refractivity contribution in [3.05, 3.63) is 78.4 Å². The molecule has 1 aliphatic rings. The molecule has 3 aromatic rings. The molecule has 0 radical (unpaired) electrons. The number of aromatic nitrogens is 2. The van der Waals surface area contributed by atoms with Gasteiger partial charge in [0.1, 0.15) is 5.75 Å². The van der Waals surface area contributed by atoms with Crippen molar-refractivity contribution in [2.24, 2.45) is 0 Å². The van der Waals surface area contributed by atoms with Crippen molar-refractivity contribution in [1.82, 2.24) is 19.8 Å². The molecule has 0 spiro atoms. The maximum atomic E-state index is 5.69. The minimum atomic E-state index is -0.0658. The number of rotatable bonds is 7. The number of para-hydroxylation sites is 2. The van der Waals surface area contributed by atoms with Crippen LogP contribution in [0.5, 0.6) is 5.75 Å². The lowest BCUT2D eigenvalue weighted by Crippen LogP contribution is -2.33. The number of nitrogens with zero attached hydrogens (tertiary/aromatic N) is 3. The molecular weight excluding hydrogens is 384 g/mol. The molecule has 0 amide bonds. The van der Waals surface area contributed by atoms with E-state index in [9.17, 15) is 0 Å². The van der Waals surface area contributed by atoms with Gasteiger partial charge in [0, 0.05) is 31.7 Å². The van der Waals surface area contributed by atoms with Gasteiger partial charge >= 0.3 is 0 Å². The van der Waals surface area contributed by atoms with Crippen LogP contribution < -0.4 is 10.1 Å². The van der Waals surface area contributed by atoms with E-state index in [1.54, 1.807) is 14.2 Å². The van der Waals surface area contributed by atoms with Crippen LogP contribution in [-0.4, -0.2) is 46.9 Å². The molecule has 7 heteroatoms. The highest BCUT2D eigenvalue weighted by atomic mass is 32.1. The van der Waals surface area contributed by atoms with Gasteiger partial charge in [-0.2, -0.15) is 0 Å². The molecule has 150 valence electrons. The minimum absolute atomic E-state index is 0.0348. The van der Waals surface area contributed by atoms with Gasteiger partial charge in [0.05, 0.1) is 37.2 Å². The van der Waals surface area contributed by atoms with Crippen LogP contribution in [0.1, 0.15) is 23.5 Å². The molecule has 1 aromatic carbocycles. The molecule has 4 rings (SSSR count). The van der Waals surface area contributed by atoms with Crippen LogP contribution in [0.4, 0.5) is 0 Å². The van der Waals surface area contributed by atoms with E-state index in [2.05, 4.69) is 38.1 Å². The number of benzene rings is 1. The predicted octanol–water partition coefficient (Wildman–Crippen LogP) is 3.50. The normalized spacial score (nSPS) is 18.7. The zero-order valence-corrected chi connectivity index (χ0v) is 17.3. The molecular formula is C22H24N4O2S. The molecule has 0 saturated carbocycles. The lowest BCUT2D eigenvalue weighted by molar-refractivity contribution is 0.163. The van der Waals surface area contributed by atoms with Gasteiger partial charge in [-0.05, 0) is 48.6 Å². The van der Waals surface area contributed by atoms with Gasteiger partial charge in [0.2, 0.25) is 0 Å². The van der Waals surface area contributed by atoms with E-state index in [0.29, 0.717) is 18.3 Å². The molecule has 1 aliphatic heterocycles. The third-order valence-electron chi connectivity index (χ3n) is 5.16. The third kappa shape index (κ3) is 3.71. The van der Waals surface area contributed by atoms with Crippen LogP contribution in [0.25, 0.3) is 5.69 Å². The fourth-order valence-electron chi connectivity index (χ4n) is 3.84. The van der Waals surface area contributed by atoms with Gasteiger partial charge in [0.25, 0.3) is 0 Å². The number of pyridine rings is 1. The molecule has 29 heavy (non-hydrogen) atoms. The van der Waals surface area contributed by atoms with Crippen molar-refractivity contribution in [2.45, 2.75) is 12.1 Å². The van der Waals surface area contributed by atoms with E-state index in [0.717, 1.165) is 22.8 Å². The molecule has 0 bridgehead atoms. The number of hydrogen-bond acceptors (Lipinski definition) is 4. The number of hydrogen-bond donors (Lipinski definition) is 1. The molecule has 3 heterocycles. The summed E-state index contributed by atoms with van der Waals surface area (Å²) in [5.41, 5.74) is 3.04. The molecule has 2 atom stereocenters. The Labute approximate surface area is 176 Å². The zero-order valence-electron chi connectivity index (χ0n) is 16.5. The standard InChI is InChI=1S/C22H24N4O2S/c1-27-15-14-26-21(20(24-22(26)29)16-8-5-6-12-23-16)18-10-7-13-25(18)17-9-3-4-11-19(17)28-2/h3-13,20-21H,14-15H2,1-2H3,(H,24,29)/t20-,21+/m1/s1. The Morgan fingerprint density at radius 3 is 2.66 bits per heavy atom. The number of nitrogens with one attached hydrogen (secondary N) is 1. The summed E-state index contributed by atoms with van der Waals surface area (Å²) in [5, 5.41) is 4.17. The summed E-state index contributed by atoms with van der Waals surface area (Å²) < 4.78 is 13.1. The SMILES string of the molecule is COCCN1C(=S)N[C@H](c2ccccn2)[C@@H]1c1cccn1-c1ccccc1OC. The minimum Gasteiger partial charge on any atom is -0.495 e. The quantitative estimate of drug-likeness (QED) is 0.604. The molecule has 1 fully saturated rings. The summed E-state index contributed by atoms with van der Waals surface area (Å²) in [5.74, 6) is 0.816. The molecule has 0 unspecified atom stereocenters. The van der Waals surface area contributed by atoms with Gasteiger partial charge < -0.3 is 24.3 Å². The summed E-state index contributed by atoms with van der Waals surface area (Å²) in [6.45, 7) is 1.27. The Hall–Kier alpha value is -2.90. The smallest absolute Gasteiger partial charge is 0.170 e. The van der Waals surface area contributed by atoms with Crippen molar-refractivity contribution >= 4 is 17.3 Å².